The van der Waals surface area contributed by atoms with Gasteiger partial charge in [0.2, 0.25) is 5.95 Å². The zero-order valence-electron chi connectivity index (χ0n) is 40.8. The molecule has 10 nitrogen and oxygen atoms in total. The number of pyridine rings is 2. The average Bonchev–Trinajstić information content (AvgIpc) is 4.34. The molecule has 0 aliphatic heterocycles. The zero-order chi connectivity index (χ0) is 50.3. The van der Waals surface area contributed by atoms with Crippen molar-refractivity contribution in [3.8, 4) is 51.2 Å². The monoisotopic (exact) mass is 986 g/mol. The molecule has 0 bridgehead atoms. The van der Waals surface area contributed by atoms with Gasteiger partial charge in [0.1, 0.15) is 22.3 Å². The molecule has 0 fully saturated rings. The lowest BCUT2D eigenvalue weighted by molar-refractivity contribution is 0.668. The van der Waals surface area contributed by atoms with Crippen LogP contribution in [0.3, 0.4) is 0 Å². The molecule has 0 saturated carbocycles. The van der Waals surface area contributed by atoms with Crippen LogP contribution in [0.25, 0.3) is 161 Å². The molecule has 17 aromatic rings. The highest BCUT2D eigenvalue weighted by atomic mass is 16.3. The van der Waals surface area contributed by atoms with Crippen molar-refractivity contribution in [3.63, 3.8) is 0 Å². The molecule has 10 heteroatoms. The Hall–Kier alpha value is -10.7. The summed E-state index contributed by atoms with van der Waals surface area (Å²) in [7, 11) is 0. The standard InChI is InChI=1S/C67H38N8O2/c1-2-14-41(15-3-1)73-54-24-7-5-18-44(54)51-36-40(27-29-57(51)73)39-13-10-16-42(35-39)74-56-26-9-6-19-48(56)61-58(74)30-28-45-43-17-4-8-25-55(43)75(62(45)61)67-71-65(49-22-11-20-46-52-37-68-33-31-59(52)76-63(46)49)70-66(72-67)50-23-12-21-47-53-38-69-34-32-60(53)77-64(47)50/h1-38H. The maximum atomic E-state index is 6.63. The highest BCUT2D eigenvalue weighted by Crippen LogP contribution is 2.44. The van der Waals surface area contributed by atoms with Crippen LogP contribution in [0.4, 0.5) is 0 Å². The summed E-state index contributed by atoms with van der Waals surface area (Å²) in [6, 6.07) is 72.8. The average molecular weight is 987 g/mol. The van der Waals surface area contributed by atoms with Crippen molar-refractivity contribution < 1.29 is 8.83 Å². The minimum atomic E-state index is 0.455. The second kappa shape index (κ2) is 15.9. The molecule has 358 valence electrons. The van der Waals surface area contributed by atoms with Crippen molar-refractivity contribution in [1.82, 2.24) is 38.6 Å². The van der Waals surface area contributed by atoms with Crippen molar-refractivity contribution in [2.24, 2.45) is 0 Å². The second-order valence-corrected chi connectivity index (χ2v) is 19.6. The number of rotatable bonds is 6. The molecule has 9 aromatic carbocycles. The summed E-state index contributed by atoms with van der Waals surface area (Å²) >= 11 is 0. The van der Waals surface area contributed by atoms with Crippen LogP contribution in [-0.4, -0.2) is 38.6 Å². The van der Waals surface area contributed by atoms with Gasteiger partial charge < -0.3 is 18.0 Å². The highest BCUT2D eigenvalue weighted by Gasteiger charge is 2.26. The quantitative estimate of drug-likeness (QED) is 0.163. The molecule has 0 aliphatic rings. The molecule has 17 rings (SSSR count). The van der Waals surface area contributed by atoms with E-state index in [2.05, 4.69) is 194 Å². The molecule has 8 aromatic heterocycles. The van der Waals surface area contributed by atoms with Gasteiger partial charge in [-0.1, -0.05) is 121 Å². The molecule has 0 spiro atoms. The van der Waals surface area contributed by atoms with E-state index < -0.39 is 0 Å². The Morgan fingerprint density at radius 3 is 1.53 bits per heavy atom. The summed E-state index contributed by atoms with van der Waals surface area (Å²) in [6.07, 6.45) is 7.18. The van der Waals surface area contributed by atoms with E-state index in [0.29, 0.717) is 28.8 Å². The van der Waals surface area contributed by atoms with Crippen molar-refractivity contribution in [3.05, 3.63) is 231 Å². The lowest BCUT2D eigenvalue weighted by atomic mass is 10.0. The van der Waals surface area contributed by atoms with E-state index >= 15 is 0 Å². The summed E-state index contributed by atoms with van der Waals surface area (Å²) in [5, 5.41) is 10.5. The van der Waals surface area contributed by atoms with Crippen LogP contribution in [0.1, 0.15) is 0 Å². The number of aromatic nitrogens is 8. The lowest BCUT2D eigenvalue weighted by Crippen LogP contribution is -2.07. The molecule has 0 radical (unpaired) electrons. The van der Waals surface area contributed by atoms with E-state index in [4.69, 9.17) is 23.8 Å². The third-order valence-corrected chi connectivity index (χ3v) is 15.5. The number of hydrogen-bond acceptors (Lipinski definition) is 7. The summed E-state index contributed by atoms with van der Waals surface area (Å²) in [6.45, 7) is 0. The SMILES string of the molecule is c1ccc(-n2c3ccccc3c3cc(-c4cccc(-n5c6ccccc6c6c5ccc5c7ccccc7n(-c7nc(-c8cccc9c8oc8ccncc89)nc(-c8cccc9c8oc8ccncc89)n7)c56)c4)ccc32)cc1. The Morgan fingerprint density at radius 2 is 0.844 bits per heavy atom. The number of hydrogen-bond donors (Lipinski definition) is 0. The van der Waals surface area contributed by atoms with Gasteiger partial charge in [-0.15, -0.1) is 0 Å². The van der Waals surface area contributed by atoms with Crippen molar-refractivity contribution in [1.29, 1.82) is 0 Å². The van der Waals surface area contributed by atoms with E-state index in [1.807, 2.05) is 48.8 Å². The summed E-state index contributed by atoms with van der Waals surface area (Å²) in [5.74, 6) is 1.37. The number of fused-ring (bicyclic) bond motifs is 16. The Labute approximate surface area is 437 Å². The Morgan fingerprint density at radius 1 is 0.325 bits per heavy atom. The molecule has 77 heavy (non-hydrogen) atoms. The molecular formula is C67H38N8O2. The number of para-hydroxylation sites is 6. The first kappa shape index (κ1) is 41.7. The van der Waals surface area contributed by atoms with Gasteiger partial charge in [0, 0.05) is 90.0 Å². The van der Waals surface area contributed by atoms with Crippen LogP contribution >= 0.6 is 0 Å². The fourth-order valence-corrected chi connectivity index (χ4v) is 12.2. The zero-order valence-corrected chi connectivity index (χ0v) is 40.8. The maximum Gasteiger partial charge on any atom is 0.238 e. The molecule has 0 aliphatic carbocycles. The summed E-state index contributed by atoms with van der Waals surface area (Å²) in [5.41, 5.74) is 15.2. The number of nitrogens with zero attached hydrogens (tertiary/aromatic N) is 8. The largest absolute Gasteiger partial charge is 0.455 e. The minimum Gasteiger partial charge on any atom is -0.455 e. The molecular weight excluding hydrogens is 949 g/mol. The van der Waals surface area contributed by atoms with E-state index in [1.165, 1.54) is 21.8 Å². The van der Waals surface area contributed by atoms with Crippen molar-refractivity contribution in [2.45, 2.75) is 0 Å². The molecule has 0 N–H and O–H groups in total. The summed E-state index contributed by atoms with van der Waals surface area (Å²) < 4.78 is 20.2. The topological polar surface area (TPSA) is 106 Å². The predicted octanol–water partition coefficient (Wildman–Crippen LogP) is 16.8. The van der Waals surface area contributed by atoms with Gasteiger partial charge in [-0.25, -0.2) is 4.98 Å². The van der Waals surface area contributed by atoms with Gasteiger partial charge in [0.05, 0.1) is 44.2 Å². The van der Waals surface area contributed by atoms with E-state index in [9.17, 15) is 0 Å². The van der Waals surface area contributed by atoms with Gasteiger partial charge in [-0.2, -0.15) is 9.97 Å². The van der Waals surface area contributed by atoms with Gasteiger partial charge in [0.15, 0.2) is 11.6 Å². The lowest BCUT2D eigenvalue weighted by Gasteiger charge is -2.12. The minimum absolute atomic E-state index is 0.455. The first-order chi connectivity index (χ1) is 38.2. The number of benzene rings is 9. The first-order valence-corrected chi connectivity index (χ1v) is 25.6. The van der Waals surface area contributed by atoms with Crippen molar-refractivity contribution in [2.75, 3.05) is 0 Å². The normalized spacial score (nSPS) is 12.2. The van der Waals surface area contributed by atoms with Crippen LogP contribution in [0.2, 0.25) is 0 Å². The fourth-order valence-electron chi connectivity index (χ4n) is 12.2. The Balaban J connectivity index is 0.913. The van der Waals surface area contributed by atoms with Gasteiger partial charge in [-0.05, 0) is 96.1 Å². The van der Waals surface area contributed by atoms with Crippen LogP contribution in [0, 0.1) is 0 Å². The van der Waals surface area contributed by atoms with Gasteiger partial charge in [0.25, 0.3) is 0 Å². The van der Waals surface area contributed by atoms with Crippen LogP contribution in [-0.2, 0) is 0 Å². The van der Waals surface area contributed by atoms with E-state index in [-0.39, 0.29) is 0 Å². The highest BCUT2D eigenvalue weighted by molar-refractivity contribution is 6.26. The van der Waals surface area contributed by atoms with E-state index in [1.54, 1.807) is 12.4 Å². The summed E-state index contributed by atoms with van der Waals surface area (Å²) in [4.78, 5) is 25.2. The third kappa shape index (κ3) is 6.03. The number of furan rings is 2. The molecule has 0 atom stereocenters. The third-order valence-electron chi connectivity index (χ3n) is 15.5. The van der Waals surface area contributed by atoms with Crippen molar-refractivity contribution >= 4 is 109 Å². The predicted molar refractivity (Wildman–Crippen MR) is 309 cm³/mol. The molecule has 8 heterocycles. The molecule has 0 unspecified atom stereocenters. The van der Waals surface area contributed by atoms with Crippen LogP contribution < -0.4 is 0 Å². The van der Waals surface area contributed by atoms with E-state index in [0.717, 1.165) is 110 Å². The maximum absolute atomic E-state index is 6.63. The fraction of sp³-hybridized carbons (Fsp3) is 0. The molecule has 0 amide bonds. The van der Waals surface area contributed by atoms with Gasteiger partial charge in [-0.3, -0.25) is 14.5 Å². The second-order valence-electron chi connectivity index (χ2n) is 19.6. The van der Waals surface area contributed by atoms with Gasteiger partial charge >= 0.3 is 0 Å². The Kier molecular flexibility index (Phi) is 8.62. The molecule has 0 saturated heterocycles. The first-order valence-electron chi connectivity index (χ1n) is 25.6. The smallest absolute Gasteiger partial charge is 0.238 e. The van der Waals surface area contributed by atoms with Crippen LogP contribution in [0.5, 0.6) is 0 Å². The Bertz CT molecular complexity index is 5180. The van der Waals surface area contributed by atoms with Crippen LogP contribution in [0.15, 0.2) is 240 Å².